The number of urea groups is 1. The van der Waals surface area contributed by atoms with Gasteiger partial charge in [0, 0.05) is 15.5 Å². The molecule has 2 rings (SSSR count). The average molecular weight is 306 g/mol. The summed E-state index contributed by atoms with van der Waals surface area (Å²) < 4.78 is 2.62. The maximum Gasteiger partial charge on any atom is 0.345 e. The normalized spacial score (nSPS) is 10.4. The fourth-order valence-electron chi connectivity index (χ4n) is 1.36. The molecule has 0 heterocycles. The molecule has 2 aromatic rings. The molecule has 0 aliphatic carbocycles. The Hall–Kier alpha value is -1.98. The molecule has 0 fully saturated rings. The summed E-state index contributed by atoms with van der Waals surface area (Å²) in [5.74, 6) is 0. The van der Waals surface area contributed by atoms with Gasteiger partial charge < -0.3 is 0 Å². The maximum atomic E-state index is 11.5. The molecule has 0 atom stereocenters. The number of carbonyl (C=O) groups excluding carboxylic acids is 1. The molecule has 2 N–H and O–H groups in total. The highest BCUT2D eigenvalue weighted by atomic mass is 35.5. The molecular formula is C14H12ClN3OS. The van der Waals surface area contributed by atoms with E-state index in [1.54, 1.807) is 6.07 Å². The predicted octanol–water partition coefficient (Wildman–Crippen LogP) is 3.68. The molecule has 0 saturated carbocycles. The number of carbonyl (C=O) groups is 1. The molecule has 0 aliphatic rings. The summed E-state index contributed by atoms with van der Waals surface area (Å²) in [5, 5.41) is 4.41. The topological polar surface area (TPSA) is 53.5 Å². The summed E-state index contributed by atoms with van der Waals surface area (Å²) in [7, 11) is 0. The molecule has 0 radical (unpaired) electrons. The third kappa shape index (κ3) is 4.60. The highest BCUT2D eigenvalue weighted by Gasteiger charge is 1.99. The van der Waals surface area contributed by atoms with Crippen LogP contribution in [0.15, 0.2) is 64.6 Å². The van der Waals surface area contributed by atoms with Crippen molar-refractivity contribution in [2.75, 3.05) is 0 Å². The minimum atomic E-state index is -0.401. The molecule has 20 heavy (non-hydrogen) atoms. The van der Waals surface area contributed by atoms with E-state index >= 15 is 0 Å². The highest BCUT2D eigenvalue weighted by Crippen LogP contribution is 2.13. The van der Waals surface area contributed by atoms with Gasteiger partial charge in [0.2, 0.25) is 0 Å². The van der Waals surface area contributed by atoms with Crippen LogP contribution in [0.3, 0.4) is 0 Å². The summed E-state index contributed by atoms with van der Waals surface area (Å²) in [6.45, 7) is 0. The molecule has 0 aliphatic heterocycles. The standard InChI is InChI=1S/C14H12ClN3OS/c15-13-9-5-4-6-11(13)10-16-17-14(19)18-20-12-7-2-1-3-8-12/h1-10H,(H2,17,18,19)/b16-10+. The number of benzene rings is 2. The van der Waals surface area contributed by atoms with Gasteiger partial charge in [0.1, 0.15) is 0 Å². The second kappa shape index (κ2) is 7.57. The molecule has 0 saturated heterocycles. The van der Waals surface area contributed by atoms with Crippen LogP contribution in [0.5, 0.6) is 0 Å². The van der Waals surface area contributed by atoms with Gasteiger partial charge in [-0.3, -0.25) is 4.72 Å². The first-order valence-corrected chi connectivity index (χ1v) is 7.00. The van der Waals surface area contributed by atoms with Crippen molar-refractivity contribution in [1.29, 1.82) is 0 Å². The van der Waals surface area contributed by atoms with Gasteiger partial charge in [-0.1, -0.05) is 48.0 Å². The van der Waals surface area contributed by atoms with Crippen molar-refractivity contribution in [1.82, 2.24) is 10.1 Å². The first-order chi connectivity index (χ1) is 9.75. The lowest BCUT2D eigenvalue weighted by molar-refractivity contribution is 0.247. The lowest BCUT2D eigenvalue weighted by Crippen LogP contribution is -2.27. The third-order valence-corrected chi connectivity index (χ3v) is 3.42. The minimum Gasteiger partial charge on any atom is -0.276 e. The average Bonchev–Trinajstić information content (AvgIpc) is 2.48. The molecule has 0 unspecified atom stereocenters. The van der Waals surface area contributed by atoms with Crippen molar-refractivity contribution in [2.45, 2.75) is 4.90 Å². The zero-order valence-electron chi connectivity index (χ0n) is 10.4. The van der Waals surface area contributed by atoms with Gasteiger partial charge in [-0.15, -0.1) is 0 Å². The molecule has 2 aromatic carbocycles. The lowest BCUT2D eigenvalue weighted by atomic mass is 10.2. The van der Waals surface area contributed by atoms with E-state index in [1.807, 2.05) is 48.5 Å². The molecule has 4 nitrogen and oxygen atoms in total. The van der Waals surface area contributed by atoms with Crippen LogP contribution in [0.2, 0.25) is 5.02 Å². The van der Waals surface area contributed by atoms with Crippen molar-refractivity contribution in [3.63, 3.8) is 0 Å². The van der Waals surface area contributed by atoms with E-state index in [4.69, 9.17) is 11.6 Å². The molecule has 2 amide bonds. The SMILES string of the molecule is O=C(N/N=C/c1ccccc1Cl)NSc1ccccc1. The third-order valence-electron chi connectivity index (χ3n) is 2.28. The molecule has 0 aromatic heterocycles. The summed E-state index contributed by atoms with van der Waals surface area (Å²) in [5.41, 5.74) is 3.11. The zero-order valence-corrected chi connectivity index (χ0v) is 12.0. The van der Waals surface area contributed by atoms with Crippen molar-refractivity contribution in [3.8, 4) is 0 Å². The second-order valence-electron chi connectivity index (χ2n) is 3.74. The Bertz CT molecular complexity index is 604. The van der Waals surface area contributed by atoms with Gasteiger partial charge in [0.25, 0.3) is 0 Å². The fourth-order valence-corrected chi connectivity index (χ4v) is 2.09. The Balaban J connectivity index is 1.79. The summed E-state index contributed by atoms with van der Waals surface area (Å²) in [4.78, 5) is 12.4. The largest absolute Gasteiger partial charge is 0.345 e. The Morgan fingerprint density at radius 3 is 2.55 bits per heavy atom. The summed E-state index contributed by atoms with van der Waals surface area (Å²) in [6, 6.07) is 16.4. The predicted molar refractivity (Wildman–Crippen MR) is 83.0 cm³/mol. The summed E-state index contributed by atoms with van der Waals surface area (Å²) >= 11 is 7.17. The number of nitrogens with one attached hydrogen (secondary N) is 2. The Kier molecular flexibility index (Phi) is 5.46. The van der Waals surface area contributed by atoms with Crippen LogP contribution in [-0.4, -0.2) is 12.2 Å². The van der Waals surface area contributed by atoms with Gasteiger partial charge in [0.05, 0.1) is 6.21 Å². The maximum absolute atomic E-state index is 11.5. The smallest absolute Gasteiger partial charge is 0.276 e. The number of hydrogen-bond acceptors (Lipinski definition) is 3. The van der Waals surface area contributed by atoms with Gasteiger partial charge in [-0.2, -0.15) is 5.10 Å². The lowest BCUT2D eigenvalue weighted by Gasteiger charge is -2.02. The van der Waals surface area contributed by atoms with Gasteiger partial charge >= 0.3 is 6.03 Å². The van der Waals surface area contributed by atoms with Crippen molar-refractivity contribution < 1.29 is 4.79 Å². The monoisotopic (exact) mass is 305 g/mol. The minimum absolute atomic E-state index is 0.401. The van der Waals surface area contributed by atoms with E-state index < -0.39 is 6.03 Å². The van der Waals surface area contributed by atoms with Crippen molar-refractivity contribution in [2.24, 2.45) is 5.10 Å². The van der Waals surface area contributed by atoms with E-state index in [0.29, 0.717) is 5.02 Å². The number of rotatable bonds is 4. The van der Waals surface area contributed by atoms with Crippen molar-refractivity contribution >= 4 is 35.8 Å². The van der Waals surface area contributed by atoms with Crippen LogP contribution < -0.4 is 10.1 Å². The number of amides is 2. The van der Waals surface area contributed by atoms with E-state index in [9.17, 15) is 4.79 Å². The molecule has 6 heteroatoms. The van der Waals surface area contributed by atoms with Gasteiger partial charge in [-0.25, -0.2) is 10.2 Å². The second-order valence-corrected chi connectivity index (χ2v) is 5.02. The van der Waals surface area contributed by atoms with Crippen LogP contribution in [-0.2, 0) is 0 Å². The van der Waals surface area contributed by atoms with Crippen LogP contribution in [0.1, 0.15) is 5.56 Å². The van der Waals surface area contributed by atoms with Crippen LogP contribution in [0, 0.1) is 0 Å². The Morgan fingerprint density at radius 2 is 1.80 bits per heavy atom. The number of halogens is 1. The molecular weight excluding hydrogens is 294 g/mol. The quantitative estimate of drug-likeness (QED) is 0.514. The van der Waals surface area contributed by atoms with E-state index in [2.05, 4.69) is 15.2 Å². The molecule has 0 spiro atoms. The van der Waals surface area contributed by atoms with E-state index in [-0.39, 0.29) is 0 Å². The summed E-state index contributed by atoms with van der Waals surface area (Å²) in [6.07, 6.45) is 1.50. The zero-order chi connectivity index (χ0) is 14.2. The van der Waals surface area contributed by atoms with E-state index in [1.165, 1.54) is 18.2 Å². The van der Waals surface area contributed by atoms with Crippen molar-refractivity contribution in [3.05, 3.63) is 65.2 Å². The van der Waals surface area contributed by atoms with Crippen LogP contribution in [0.4, 0.5) is 4.79 Å². The van der Waals surface area contributed by atoms with Gasteiger partial charge in [0.15, 0.2) is 0 Å². The van der Waals surface area contributed by atoms with Crippen LogP contribution in [0.25, 0.3) is 0 Å². The molecule has 0 bridgehead atoms. The first kappa shape index (κ1) is 14.4. The number of hydrazone groups is 1. The Morgan fingerprint density at radius 1 is 1.10 bits per heavy atom. The van der Waals surface area contributed by atoms with E-state index in [0.717, 1.165) is 10.5 Å². The Labute approximate surface area is 126 Å². The fraction of sp³-hybridized carbons (Fsp3) is 0. The highest BCUT2D eigenvalue weighted by molar-refractivity contribution is 7.98. The number of hydrogen-bond donors (Lipinski definition) is 2. The molecule has 102 valence electrons. The van der Waals surface area contributed by atoms with Gasteiger partial charge in [-0.05, 0) is 30.1 Å². The number of nitrogens with zero attached hydrogens (tertiary/aromatic N) is 1. The van der Waals surface area contributed by atoms with Crippen LogP contribution >= 0.6 is 23.5 Å². The first-order valence-electron chi connectivity index (χ1n) is 5.81.